The minimum Gasteiger partial charge on any atom is -0.468 e. The molecule has 0 aliphatic carbocycles. The molecule has 1 aromatic rings. The van der Waals surface area contributed by atoms with Crippen LogP contribution in [0.15, 0.2) is 47.4 Å². The molecule has 1 aliphatic heterocycles. The van der Waals surface area contributed by atoms with E-state index in [1.54, 1.807) is 12.2 Å². The van der Waals surface area contributed by atoms with Crippen molar-refractivity contribution < 1.29 is 14.3 Å². The number of methoxy groups -OCH3 is 1. The third kappa shape index (κ3) is 4.03. The summed E-state index contributed by atoms with van der Waals surface area (Å²) in [4.78, 5) is 25.1. The van der Waals surface area contributed by atoms with E-state index in [4.69, 9.17) is 12.2 Å². The predicted molar refractivity (Wildman–Crippen MR) is 87.5 cm³/mol. The largest absolute Gasteiger partial charge is 0.468 e. The van der Waals surface area contributed by atoms with Crippen LogP contribution in [0.3, 0.4) is 0 Å². The molecule has 1 aromatic carbocycles. The molecule has 0 spiro atoms. The highest BCUT2D eigenvalue weighted by Crippen LogP contribution is 2.30. The number of benzene rings is 1. The number of hydrogen-bond acceptors (Lipinski definition) is 5. The fraction of sp³-hybridized carbons (Fsp3) is 0.133. The van der Waals surface area contributed by atoms with Gasteiger partial charge in [0.25, 0.3) is 5.91 Å². The molecule has 1 saturated heterocycles. The van der Waals surface area contributed by atoms with E-state index in [0.29, 0.717) is 9.23 Å². The molecule has 0 radical (unpaired) electrons. The second-order valence-corrected chi connectivity index (χ2v) is 5.81. The summed E-state index contributed by atoms with van der Waals surface area (Å²) in [5, 5.41) is 0. The molecule has 2 rings (SSSR count). The van der Waals surface area contributed by atoms with Crippen molar-refractivity contribution in [3.05, 3.63) is 53.0 Å². The fourth-order valence-electron chi connectivity index (χ4n) is 1.65. The second kappa shape index (κ2) is 7.19. The number of hydrogen-bond donors (Lipinski definition) is 0. The summed E-state index contributed by atoms with van der Waals surface area (Å²) in [5.74, 6) is -0.763. The smallest absolute Gasteiger partial charge is 0.325 e. The van der Waals surface area contributed by atoms with Gasteiger partial charge in [-0.2, -0.15) is 0 Å². The number of amides is 1. The molecular weight excluding hydrogens is 306 g/mol. The molecule has 0 N–H and O–H groups in total. The number of carbonyl (C=O) groups excluding carboxylic acids is 2. The Morgan fingerprint density at radius 3 is 2.76 bits per heavy atom. The van der Waals surface area contributed by atoms with Crippen LogP contribution in [0.1, 0.15) is 5.56 Å². The maximum atomic E-state index is 12.1. The molecule has 1 aliphatic rings. The minimum absolute atomic E-state index is 0.152. The van der Waals surface area contributed by atoms with Gasteiger partial charge in [0.15, 0.2) is 0 Å². The molecule has 1 fully saturated rings. The molecule has 6 heteroatoms. The van der Waals surface area contributed by atoms with Gasteiger partial charge in [-0.05, 0) is 11.6 Å². The fourth-order valence-corrected chi connectivity index (χ4v) is 2.86. The maximum Gasteiger partial charge on any atom is 0.325 e. The monoisotopic (exact) mass is 319 g/mol. The van der Waals surface area contributed by atoms with Gasteiger partial charge in [0.2, 0.25) is 0 Å². The molecule has 0 aromatic heterocycles. The van der Waals surface area contributed by atoms with Gasteiger partial charge in [0, 0.05) is 0 Å². The highest BCUT2D eigenvalue weighted by atomic mass is 32.2. The van der Waals surface area contributed by atoms with Gasteiger partial charge in [-0.3, -0.25) is 14.5 Å². The van der Waals surface area contributed by atoms with E-state index in [9.17, 15) is 9.59 Å². The van der Waals surface area contributed by atoms with Crippen molar-refractivity contribution in [2.24, 2.45) is 0 Å². The molecule has 21 heavy (non-hydrogen) atoms. The Hall–Kier alpha value is -1.92. The average molecular weight is 319 g/mol. The van der Waals surface area contributed by atoms with E-state index in [0.717, 1.165) is 5.56 Å². The number of nitrogens with zero attached hydrogens (tertiary/aromatic N) is 1. The zero-order valence-corrected chi connectivity index (χ0v) is 12.9. The van der Waals surface area contributed by atoms with Crippen LogP contribution in [0, 0.1) is 0 Å². The summed E-state index contributed by atoms with van der Waals surface area (Å²) >= 11 is 6.28. The average Bonchev–Trinajstić information content (AvgIpc) is 2.76. The highest BCUT2D eigenvalue weighted by molar-refractivity contribution is 8.26. The van der Waals surface area contributed by atoms with Gasteiger partial charge in [-0.1, -0.05) is 66.5 Å². The third-order valence-corrected chi connectivity index (χ3v) is 4.12. The van der Waals surface area contributed by atoms with E-state index >= 15 is 0 Å². The van der Waals surface area contributed by atoms with Crippen molar-refractivity contribution in [1.29, 1.82) is 0 Å². The molecule has 0 unspecified atom stereocenters. The zero-order valence-electron chi connectivity index (χ0n) is 11.3. The van der Waals surface area contributed by atoms with Crippen LogP contribution in [0.25, 0.3) is 6.08 Å². The lowest BCUT2D eigenvalue weighted by Gasteiger charge is -2.11. The molecule has 0 saturated carbocycles. The molecule has 1 amide bonds. The van der Waals surface area contributed by atoms with Gasteiger partial charge >= 0.3 is 5.97 Å². The number of thiocarbonyl (C=S) groups is 1. The highest BCUT2D eigenvalue weighted by Gasteiger charge is 2.33. The maximum absolute atomic E-state index is 12.1. The van der Waals surface area contributed by atoms with Crippen LogP contribution in [-0.2, 0) is 14.3 Å². The van der Waals surface area contributed by atoms with Crippen molar-refractivity contribution in [3.63, 3.8) is 0 Å². The summed E-state index contributed by atoms with van der Waals surface area (Å²) in [5.41, 5.74) is 1.04. The molecule has 0 atom stereocenters. The standard InChI is InChI=1S/C15H13NO3S2/c1-19-13(17)10-16-14(18)12(21-15(16)20)9-5-8-11-6-3-2-4-7-11/h2-9H,10H2,1H3/b8-5+,12-9-. The van der Waals surface area contributed by atoms with Gasteiger partial charge in [0.1, 0.15) is 10.9 Å². The summed E-state index contributed by atoms with van der Waals surface area (Å²) in [6.07, 6.45) is 5.39. The number of thioether (sulfide) groups is 1. The first kappa shape index (κ1) is 15.5. The van der Waals surface area contributed by atoms with Crippen molar-refractivity contribution in [2.75, 3.05) is 13.7 Å². The summed E-state index contributed by atoms with van der Waals surface area (Å²) in [7, 11) is 1.28. The zero-order chi connectivity index (χ0) is 15.2. The molecular formula is C15H13NO3S2. The van der Waals surface area contributed by atoms with Crippen LogP contribution in [0.5, 0.6) is 0 Å². The Morgan fingerprint density at radius 1 is 1.38 bits per heavy atom. The lowest BCUT2D eigenvalue weighted by Crippen LogP contribution is -2.33. The van der Waals surface area contributed by atoms with E-state index in [1.807, 2.05) is 36.4 Å². The number of rotatable bonds is 4. The lowest BCUT2D eigenvalue weighted by molar-refractivity contribution is -0.143. The lowest BCUT2D eigenvalue weighted by atomic mass is 10.2. The number of esters is 1. The summed E-state index contributed by atoms with van der Waals surface area (Å²) in [6, 6.07) is 9.75. The molecule has 108 valence electrons. The Balaban J connectivity index is 2.06. The van der Waals surface area contributed by atoms with E-state index in [-0.39, 0.29) is 12.5 Å². The van der Waals surface area contributed by atoms with E-state index in [1.165, 1.54) is 23.8 Å². The second-order valence-electron chi connectivity index (χ2n) is 4.14. The Kier molecular flexibility index (Phi) is 5.30. The first-order valence-corrected chi connectivity index (χ1v) is 7.38. The van der Waals surface area contributed by atoms with Crippen LogP contribution in [0.2, 0.25) is 0 Å². The van der Waals surface area contributed by atoms with Crippen molar-refractivity contribution in [2.45, 2.75) is 0 Å². The number of allylic oxidation sites excluding steroid dienone is 2. The van der Waals surface area contributed by atoms with E-state index in [2.05, 4.69) is 4.74 Å². The van der Waals surface area contributed by atoms with Crippen LogP contribution < -0.4 is 0 Å². The normalized spacial score (nSPS) is 17.0. The summed E-state index contributed by atoms with van der Waals surface area (Å²) in [6.45, 7) is -0.152. The Morgan fingerprint density at radius 2 is 2.10 bits per heavy atom. The van der Waals surface area contributed by atoms with Gasteiger partial charge < -0.3 is 4.74 Å². The van der Waals surface area contributed by atoms with Crippen molar-refractivity contribution >= 4 is 46.3 Å². The molecule has 4 nitrogen and oxygen atoms in total. The number of carbonyl (C=O) groups is 2. The molecule has 1 heterocycles. The first-order valence-electron chi connectivity index (χ1n) is 6.15. The van der Waals surface area contributed by atoms with Gasteiger partial charge in [0.05, 0.1) is 12.0 Å². The van der Waals surface area contributed by atoms with Crippen molar-refractivity contribution in [1.82, 2.24) is 4.90 Å². The number of ether oxygens (including phenoxy) is 1. The van der Waals surface area contributed by atoms with Crippen LogP contribution >= 0.6 is 24.0 Å². The van der Waals surface area contributed by atoms with Gasteiger partial charge in [-0.25, -0.2) is 0 Å². The first-order chi connectivity index (χ1) is 10.1. The Labute approximate surface area is 132 Å². The van der Waals surface area contributed by atoms with Crippen LogP contribution in [0.4, 0.5) is 0 Å². The Bertz CT molecular complexity index is 623. The van der Waals surface area contributed by atoms with Crippen LogP contribution in [-0.4, -0.2) is 34.8 Å². The van der Waals surface area contributed by atoms with Gasteiger partial charge in [-0.15, -0.1) is 0 Å². The quantitative estimate of drug-likeness (QED) is 0.485. The SMILES string of the molecule is COC(=O)CN1C(=O)/C(=C/C=C/c2ccccc2)SC1=S. The summed E-state index contributed by atoms with van der Waals surface area (Å²) < 4.78 is 4.91. The minimum atomic E-state index is -0.493. The predicted octanol–water partition coefficient (Wildman–Crippen LogP) is 2.62. The van der Waals surface area contributed by atoms with E-state index < -0.39 is 5.97 Å². The topological polar surface area (TPSA) is 46.6 Å². The van der Waals surface area contributed by atoms with Crippen molar-refractivity contribution in [3.8, 4) is 0 Å². The molecule has 0 bridgehead atoms. The third-order valence-electron chi connectivity index (χ3n) is 2.72.